The third kappa shape index (κ3) is 4.03. The van der Waals surface area contributed by atoms with E-state index in [1.165, 1.54) is 9.13 Å². The van der Waals surface area contributed by atoms with Gasteiger partial charge in [0.15, 0.2) is 11.2 Å². The number of anilines is 1. The summed E-state index contributed by atoms with van der Waals surface area (Å²) >= 11 is 0. The number of hydrogen-bond acceptors (Lipinski definition) is 6. The number of piperidine rings is 1. The molecule has 0 aliphatic carbocycles. The van der Waals surface area contributed by atoms with E-state index in [1.807, 2.05) is 41.0 Å². The maximum atomic E-state index is 13.9. The van der Waals surface area contributed by atoms with Gasteiger partial charge in [-0.2, -0.15) is 4.98 Å². The van der Waals surface area contributed by atoms with Gasteiger partial charge in [-0.1, -0.05) is 30.2 Å². The minimum absolute atomic E-state index is 0.0325. The van der Waals surface area contributed by atoms with Gasteiger partial charge in [-0.15, -0.1) is 5.92 Å². The summed E-state index contributed by atoms with van der Waals surface area (Å²) in [5.41, 5.74) is 6.84. The molecule has 0 bridgehead atoms. The third-order valence-corrected chi connectivity index (χ3v) is 6.84. The van der Waals surface area contributed by atoms with Crippen molar-refractivity contribution in [2.75, 3.05) is 25.1 Å². The Kier molecular flexibility index (Phi) is 6.29. The highest BCUT2D eigenvalue weighted by Gasteiger charge is 2.26. The van der Waals surface area contributed by atoms with Gasteiger partial charge >= 0.3 is 5.69 Å². The van der Waals surface area contributed by atoms with Crippen molar-refractivity contribution in [1.82, 2.24) is 18.7 Å². The lowest BCUT2D eigenvalue weighted by Gasteiger charge is -2.31. The molecular formula is C27H30N6O3. The molecule has 0 spiro atoms. The van der Waals surface area contributed by atoms with Crippen LogP contribution in [0.15, 0.2) is 46.0 Å². The Labute approximate surface area is 208 Å². The highest BCUT2D eigenvalue weighted by molar-refractivity contribution is 5.85. The molecule has 2 aromatic heterocycles. The molecular weight excluding hydrogens is 456 g/mol. The molecule has 5 rings (SSSR count). The zero-order valence-electron chi connectivity index (χ0n) is 20.8. The van der Waals surface area contributed by atoms with Crippen LogP contribution in [-0.4, -0.2) is 44.9 Å². The number of aryl methyl sites for hydroxylation is 1. The summed E-state index contributed by atoms with van der Waals surface area (Å²) in [5.74, 6) is 7.21. The van der Waals surface area contributed by atoms with E-state index < -0.39 is 11.2 Å². The van der Waals surface area contributed by atoms with E-state index in [4.69, 9.17) is 15.5 Å². The number of rotatable bonds is 5. The maximum Gasteiger partial charge on any atom is 0.332 e. The zero-order chi connectivity index (χ0) is 25.4. The number of imidazole rings is 1. The molecule has 0 saturated carbocycles. The van der Waals surface area contributed by atoms with E-state index in [1.54, 1.807) is 21.1 Å². The highest BCUT2D eigenvalue weighted by atomic mass is 16.5. The second kappa shape index (κ2) is 9.55. The standard InChI is InChI=1S/C27H30N6O3/c1-4-5-13-32-23-24(29-26(32)31-12-8-11-21(28)17-31)30(2)27(35)33(25(23)34)16-20-14-18-9-6-7-10-19(18)15-22(20)36-3/h6-7,9-10,14-15,21H,8,11-13,16-17,28H2,1-3H3. The lowest BCUT2D eigenvalue weighted by molar-refractivity contribution is 0.408. The van der Waals surface area contributed by atoms with Crippen molar-refractivity contribution in [3.05, 3.63) is 62.8 Å². The van der Waals surface area contributed by atoms with E-state index in [2.05, 4.69) is 16.7 Å². The monoisotopic (exact) mass is 486 g/mol. The Hall–Kier alpha value is -4.03. The molecule has 3 heterocycles. The molecule has 1 aliphatic rings. The molecule has 186 valence electrons. The van der Waals surface area contributed by atoms with Gasteiger partial charge in [0.2, 0.25) is 5.95 Å². The van der Waals surface area contributed by atoms with Gasteiger partial charge in [0.05, 0.1) is 20.2 Å². The number of hydrogen-bond donors (Lipinski definition) is 1. The summed E-state index contributed by atoms with van der Waals surface area (Å²) in [6.45, 7) is 3.55. The van der Waals surface area contributed by atoms with Gasteiger partial charge in [0.25, 0.3) is 5.56 Å². The minimum atomic E-state index is -0.434. The van der Waals surface area contributed by atoms with E-state index in [-0.39, 0.29) is 12.6 Å². The number of nitrogens with zero attached hydrogens (tertiary/aromatic N) is 5. The Bertz CT molecular complexity index is 1640. The average Bonchev–Trinajstić information content (AvgIpc) is 3.28. The fourth-order valence-electron chi connectivity index (χ4n) is 4.99. The van der Waals surface area contributed by atoms with E-state index in [9.17, 15) is 9.59 Å². The molecule has 0 radical (unpaired) electrons. The van der Waals surface area contributed by atoms with E-state index >= 15 is 0 Å². The molecule has 1 unspecified atom stereocenters. The number of methoxy groups -OCH3 is 1. The van der Waals surface area contributed by atoms with Gasteiger partial charge < -0.3 is 15.4 Å². The van der Waals surface area contributed by atoms with Crippen LogP contribution in [-0.2, 0) is 20.1 Å². The van der Waals surface area contributed by atoms with Crippen LogP contribution < -0.4 is 26.6 Å². The molecule has 4 aromatic rings. The van der Waals surface area contributed by atoms with Crippen molar-refractivity contribution in [2.45, 2.75) is 38.9 Å². The van der Waals surface area contributed by atoms with Gasteiger partial charge in [0.1, 0.15) is 5.75 Å². The van der Waals surface area contributed by atoms with Crippen molar-refractivity contribution in [2.24, 2.45) is 12.8 Å². The number of benzene rings is 2. The summed E-state index contributed by atoms with van der Waals surface area (Å²) in [5, 5.41) is 2.03. The Morgan fingerprint density at radius 3 is 2.61 bits per heavy atom. The van der Waals surface area contributed by atoms with Gasteiger partial charge in [0, 0.05) is 31.7 Å². The number of nitrogens with two attached hydrogens (primary N) is 1. The lowest BCUT2D eigenvalue weighted by Crippen LogP contribution is -2.44. The third-order valence-electron chi connectivity index (χ3n) is 6.84. The average molecular weight is 487 g/mol. The van der Waals surface area contributed by atoms with Crippen LogP contribution in [0.2, 0.25) is 0 Å². The zero-order valence-corrected chi connectivity index (χ0v) is 20.8. The number of aromatic nitrogens is 4. The molecule has 1 aliphatic heterocycles. The van der Waals surface area contributed by atoms with Crippen LogP contribution in [0.25, 0.3) is 21.9 Å². The van der Waals surface area contributed by atoms with Crippen molar-refractivity contribution in [3.63, 3.8) is 0 Å². The molecule has 9 heteroatoms. The maximum absolute atomic E-state index is 13.9. The molecule has 1 saturated heterocycles. The summed E-state index contributed by atoms with van der Waals surface area (Å²) in [4.78, 5) is 34.1. The van der Waals surface area contributed by atoms with Crippen LogP contribution in [0.5, 0.6) is 5.75 Å². The van der Waals surface area contributed by atoms with Crippen LogP contribution >= 0.6 is 0 Å². The van der Waals surface area contributed by atoms with Crippen molar-refractivity contribution in [3.8, 4) is 17.6 Å². The predicted octanol–water partition coefficient (Wildman–Crippen LogP) is 2.06. The second-order valence-corrected chi connectivity index (χ2v) is 9.19. The van der Waals surface area contributed by atoms with Gasteiger partial charge in [-0.25, -0.2) is 4.79 Å². The molecule has 2 N–H and O–H groups in total. The Morgan fingerprint density at radius 2 is 1.92 bits per heavy atom. The Morgan fingerprint density at radius 1 is 1.17 bits per heavy atom. The normalized spacial score (nSPS) is 15.8. The van der Waals surface area contributed by atoms with E-state index in [0.29, 0.717) is 36.0 Å². The first-order valence-corrected chi connectivity index (χ1v) is 12.1. The largest absolute Gasteiger partial charge is 0.496 e. The van der Waals surface area contributed by atoms with Gasteiger partial charge in [-0.3, -0.25) is 18.5 Å². The highest BCUT2D eigenvalue weighted by Crippen LogP contribution is 2.27. The molecule has 9 nitrogen and oxygen atoms in total. The predicted molar refractivity (Wildman–Crippen MR) is 142 cm³/mol. The molecule has 0 amide bonds. The smallest absolute Gasteiger partial charge is 0.332 e. The molecule has 1 atom stereocenters. The first-order valence-electron chi connectivity index (χ1n) is 12.1. The number of ether oxygens (including phenoxy) is 1. The van der Waals surface area contributed by atoms with Crippen molar-refractivity contribution in [1.29, 1.82) is 0 Å². The quantitative estimate of drug-likeness (QED) is 0.434. The van der Waals surface area contributed by atoms with Crippen LogP contribution in [0, 0.1) is 11.8 Å². The van der Waals surface area contributed by atoms with Crippen molar-refractivity contribution >= 4 is 27.9 Å². The molecule has 2 aromatic carbocycles. The fraction of sp³-hybridized carbons (Fsp3) is 0.370. The van der Waals surface area contributed by atoms with Crippen LogP contribution in [0.3, 0.4) is 0 Å². The Balaban J connectivity index is 1.70. The fourth-order valence-corrected chi connectivity index (χ4v) is 4.99. The summed E-state index contributed by atoms with van der Waals surface area (Å²) in [6.07, 6.45) is 1.89. The van der Waals surface area contributed by atoms with Crippen LogP contribution in [0.1, 0.15) is 25.3 Å². The lowest BCUT2D eigenvalue weighted by atomic mass is 10.1. The minimum Gasteiger partial charge on any atom is -0.496 e. The van der Waals surface area contributed by atoms with E-state index in [0.717, 1.165) is 35.7 Å². The summed E-state index contributed by atoms with van der Waals surface area (Å²) in [7, 11) is 3.23. The number of fused-ring (bicyclic) bond motifs is 2. The first-order chi connectivity index (χ1) is 17.4. The molecule has 36 heavy (non-hydrogen) atoms. The summed E-state index contributed by atoms with van der Waals surface area (Å²) in [6, 6.07) is 11.8. The first kappa shape index (κ1) is 23.7. The van der Waals surface area contributed by atoms with Crippen molar-refractivity contribution < 1.29 is 4.74 Å². The topological polar surface area (TPSA) is 100 Å². The van der Waals surface area contributed by atoms with Gasteiger partial charge in [-0.05, 0) is 42.7 Å². The molecule has 1 fully saturated rings. The second-order valence-electron chi connectivity index (χ2n) is 9.19. The summed E-state index contributed by atoms with van der Waals surface area (Å²) < 4.78 is 10.1. The van der Waals surface area contributed by atoms with Crippen LogP contribution in [0.4, 0.5) is 5.95 Å². The SMILES string of the molecule is CC#CCn1c(N2CCCC(N)C2)nc2c1c(=O)n(Cc1cc3ccccc3cc1OC)c(=O)n2C.